The highest BCUT2D eigenvalue weighted by Crippen LogP contribution is 2.30. The number of rotatable bonds is 4. The molecule has 0 unspecified atom stereocenters. The Bertz CT molecular complexity index is 717. The Kier molecular flexibility index (Phi) is 3.78. The van der Waals surface area contributed by atoms with Crippen LogP contribution in [-0.2, 0) is 0 Å². The Morgan fingerprint density at radius 3 is 2.77 bits per heavy atom. The minimum atomic E-state index is -0.531. The standard InChI is InChI=1S/C15H15N3O4/c19-14-5-3-11(18(20)21)9-13(14)16-10-12-4-6-15(22-12)17-7-1-2-8-17/h3-6,9-10,19H,1-2,7-8H2. The molecule has 7 nitrogen and oxygen atoms in total. The van der Waals surface area contributed by atoms with Gasteiger partial charge in [-0.05, 0) is 25.0 Å². The quantitative estimate of drug-likeness (QED) is 0.531. The number of non-ortho nitro benzene ring substituents is 1. The minimum absolute atomic E-state index is 0.117. The number of phenols is 1. The third kappa shape index (κ3) is 2.93. The van der Waals surface area contributed by atoms with E-state index in [0.717, 1.165) is 31.8 Å². The van der Waals surface area contributed by atoms with Crippen LogP contribution < -0.4 is 4.90 Å². The van der Waals surface area contributed by atoms with Crippen molar-refractivity contribution in [2.75, 3.05) is 18.0 Å². The Hall–Kier alpha value is -2.83. The fourth-order valence-corrected chi connectivity index (χ4v) is 2.38. The van der Waals surface area contributed by atoms with E-state index in [1.165, 1.54) is 24.4 Å². The van der Waals surface area contributed by atoms with Gasteiger partial charge in [-0.3, -0.25) is 10.1 Å². The van der Waals surface area contributed by atoms with E-state index < -0.39 is 4.92 Å². The van der Waals surface area contributed by atoms with E-state index in [9.17, 15) is 15.2 Å². The molecular formula is C15H15N3O4. The summed E-state index contributed by atoms with van der Waals surface area (Å²) < 4.78 is 5.67. The molecule has 0 saturated carbocycles. The molecule has 1 aliphatic rings. The molecule has 0 bridgehead atoms. The molecule has 0 radical (unpaired) electrons. The number of furan rings is 1. The van der Waals surface area contributed by atoms with Crippen molar-refractivity contribution in [3.05, 3.63) is 46.2 Å². The highest BCUT2D eigenvalue weighted by Gasteiger charge is 2.15. The number of aliphatic imine (C=N–C) groups is 1. The van der Waals surface area contributed by atoms with Gasteiger partial charge in [0.1, 0.15) is 17.2 Å². The number of aromatic hydroxyl groups is 1. The van der Waals surface area contributed by atoms with Gasteiger partial charge >= 0.3 is 0 Å². The van der Waals surface area contributed by atoms with Gasteiger partial charge < -0.3 is 14.4 Å². The molecule has 22 heavy (non-hydrogen) atoms. The molecule has 1 fully saturated rings. The number of hydrogen-bond acceptors (Lipinski definition) is 6. The van der Waals surface area contributed by atoms with Crippen molar-refractivity contribution in [3.63, 3.8) is 0 Å². The van der Waals surface area contributed by atoms with Crippen LogP contribution in [0.25, 0.3) is 0 Å². The van der Waals surface area contributed by atoms with Crippen LogP contribution in [0.3, 0.4) is 0 Å². The summed E-state index contributed by atoms with van der Waals surface area (Å²) in [4.78, 5) is 16.4. The first-order valence-corrected chi connectivity index (χ1v) is 7.00. The number of anilines is 1. The molecule has 0 atom stereocenters. The summed E-state index contributed by atoms with van der Waals surface area (Å²) in [6, 6.07) is 7.36. The zero-order chi connectivity index (χ0) is 15.5. The summed E-state index contributed by atoms with van der Waals surface area (Å²) in [5, 5.41) is 20.4. The number of benzene rings is 1. The number of nitrogens with zero attached hydrogens (tertiary/aromatic N) is 3. The number of nitro benzene ring substituents is 1. The maximum absolute atomic E-state index is 10.7. The molecule has 1 N–H and O–H groups in total. The smallest absolute Gasteiger partial charge is 0.271 e. The zero-order valence-electron chi connectivity index (χ0n) is 11.8. The Labute approximate surface area is 126 Å². The Morgan fingerprint density at radius 2 is 2.05 bits per heavy atom. The number of hydrogen-bond donors (Lipinski definition) is 1. The van der Waals surface area contributed by atoms with E-state index in [4.69, 9.17) is 4.42 Å². The van der Waals surface area contributed by atoms with Crippen molar-refractivity contribution in [2.45, 2.75) is 12.8 Å². The SMILES string of the molecule is O=[N+]([O-])c1ccc(O)c(N=Cc2ccc(N3CCCC3)o2)c1. The van der Waals surface area contributed by atoms with Crippen LogP contribution in [-0.4, -0.2) is 29.3 Å². The second kappa shape index (κ2) is 5.88. The normalized spacial score (nSPS) is 14.8. The second-order valence-electron chi connectivity index (χ2n) is 5.06. The third-order valence-electron chi connectivity index (χ3n) is 3.53. The molecule has 1 aliphatic heterocycles. The average Bonchev–Trinajstić information content (AvgIpc) is 3.17. The fraction of sp³-hybridized carbons (Fsp3) is 0.267. The average molecular weight is 301 g/mol. The first kappa shape index (κ1) is 14.1. The molecule has 3 rings (SSSR count). The molecule has 0 amide bonds. The molecular weight excluding hydrogens is 286 g/mol. The largest absolute Gasteiger partial charge is 0.506 e. The predicted octanol–water partition coefficient (Wildman–Crippen LogP) is 3.24. The topological polar surface area (TPSA) is 92.1 Å². The molecule has 1 saturated heterocycles. The van der Waals surface area contributed by atoms with Crippen LogP contribution in [0, 0.1) is 10.1 Å². The van der Waals surface area contributed by atoms with Crippen molar-refractivity contribution in [3.8, 4) is 5.75 Å². The fourth-order valence-electron chi connectivity index (χ4n) is 2.38. The molecule has 1 aromatic carbocycles. The number of phenolic OH excluding ortho intramolecular Hbond substituents is 1. The van der Waals surface area contributed by atoms with E-state index in [1.807, 2.05) is 6.07 Å². The van der Waals surface area contributed by atoms with Crippen LogP contribution in [0.1, 0.15) is 18.6 Å². The van der Waals surface area contributed by atoms with Gasteiger partial charge in [0.05, 0.1) is 11.1 Å². The van der Waals surface area contributed by atoms with Crippen LogP contribution in [0.5, 0.6) is 5.75 Å². The van der Waals surface area contributed by atoms with Gasteiger partial charge in [0, 0.05) is 31.3 Å². The van der Waals surface area contributed by atoms with Crippen LogP contribution in [0.4, 0.5) is 17.3 Å². The van der Waals surface area contributed by atoms with E-state index in [1.54, 1.807) is 6.07 Å². The third-order valence-corrected chi connectivity index (χ3v) is 3.53. The Morgan fingerprint density at radius 1 is 1.27 bits per heavy atom. The van der Waals surface area contributed by atoms with Gasteiger partial charge in [-0.2, -0.15) is 0 Å². The zero-order valence-corrected chi connectivity index (χ0v) is 11.8. The molecule has 114 valence electrons. The van der Waals surface area contributed by atoms with Crippen molar-refractivity contribution in [2.24, 2.45) is 4.99 Å². The lowest BCUT2D eigenvalue weighted by molar-refractivity contribution is -0.384. The van der Waals surface area contributed by atoms with Crippen LogP contribution in [0.2, 0.25) is 0 Å². The van der Waals surface area contributed by atoms with Gasteiger partial charge in [0.15, 0.2) is 5.88 Å². The van der Waals surface area contributed by atoms with Crippen molar-refractivity contribution >= 4 is 23.5 Å². The van der Waals surface area contributed by atoms with Crippen LogP contribution >= 0.6 is 0 Å². The van der Waals surface area contributed by atoms with Gasteiger partial charge in [-0.15, -0.1) is 0 Å². The van der Waals surface area contributed by atoms with E-state index in [0.29, 0.717) is 5.76 Å². The van der Waals surface area contributed by atoms with Gasteiger partial charge in [-0.25, -0.2) is 4.99 Å². The van der Waals surface area contributed by atoms with Gasteiger partial charge in [-0.1, -0.05) is 0 Å². The van der Waals surface area contributed by atoms with E-state index >= 15 is 0 Å². The maximum atomic E-state index is 10.7. The lowest BCUT2D eigenvalue weighted by atomic mass is 10.2. The van der Waals surface area contributed by atoms with Gasteiger partial charge in [0.25, 0.3) is 5.69 Å². The first-order valence-electron chi connectivity index (χ1n) is 7.00. The lowest BCUT2D eigenvalue weighted by Gasteiger charge is -2.12. The lowest BCUT2D eigenvalue weighted by Crippen LogP contribution is -2.16. The van der Waals surface area contributed by atoms with E-state index in [2.05, 4.69) is 9.89 Å². The van der Waals surface area contributed by atoms with Crippen molar-refractivity contribution in [1.29, 1.82) is 0 Å². The summed E-state index contributed by atoms with van der Waals surface area (Å²) in [5.41, 5.74) is 0.00970. The first-order chi connectivity index (χ1) is 10.6. The minimum Gasteiger partial charge on any atom is -0.506 e. The number of nitro groups is 1. The second-order valence-corrected chi connectivity index (χ2v) is 5.06. The van der Waals surface area contributed by atoms with Crippen LogP contribution in [0.15, 0.2) is 39.7 Å². The summed E-state index contributed by atoms with van der Waals surface area (Å²) >= 11 is 0. The molecule has 1 aromatic heterocycles. The molecule has 2 aromatic rings. The highest BCUT2D eigenvalue weighted by molar-refractivity contribution is 5.80. The molecule has 0 aliphatic carbocycles. The molecule has 2 heterocycles. The Balaban J connectivity index is 1.79. The molecule has 0 spiro atoms. The summed E-state index contributed by atoms with van der Waals surface area (Å²) in [7, 11) is 0. The van der Waals surface area contributed by atoms with E-state index in [-0.39, 0.29) is 17.1 Å². The highest BCUT2D eigenvalue weighted by atomic mass is 16.6. The monoisotopic (exact) mass is 301 g/mol. The summed E-state index contributed by atoms with van der Waals surface area (Å²) in [6.07, 6.45) is 3.76. The maximum Gasteiger partial charge on any atom is 0.271 e. The summed E-state index contributed by atoms with van der Waals surface area (Å²) in [6.45, 7) is 1.96. The molecule has 7 heteroatoms. The van der Waals surface area contributed by atoms with Crippen molar-refractivity contribution < 1.29 is 14.4 Å². The predicted molar refractivity (Wildman–Crippen MR) is 82.2 cm³/mol. The summed E-state index contributed by atoms with van der Waals surface area (Å²) in [5.74, 6) is 1.21. The van der Waals surface area contributed by atoms with Crippen molar-refractivity contribution in [1.82, 2.24) is 0 Å². The van der Waals surface area contributed by atoms with Gasteiger partial charge in [0.2, 0.25) is 0 Å².